The molecule has 1 heterocycles. The Hall–Kier alpha value is -1.01. The lowest BCUT2D eigenvalue weighted by Gasteiger charge is -2.02. The molecule has 0 aliphatic carbocycles. The van der Waals surface area contributed by atoms with Crippen molar-refractivity contribution in [2.24, 2.45) is 7.05 Å². The predicted octanol–water partition coefficient (Wildman–Crippen LogP) is 2.77. The topological polar surface area (TPSA) is 17.8 Å². The van der Waals surface area contributed by atoms with E-state index in [1.807, 2.05) is 11.7 Å². The van der Waals surface area contributed by atoms with Crippen molar-refractivity contribution in [2.75, 3.05) is 0 Å². The van der Waals surface area contributed by atoms with E-state index in [2.05, 4.69) is 56.1 Å². The maximum atomic E-state index is 4.40. The van der Waals surface area contributed by atoms with Crippen molar-refractivity contribution >= 4 is 8.07 Å². The summed E-state index contributed by atoms with van der Waals surface area (Å²) in [6.07, 6.45) is 0. The van der Waals surface area contributed by atoms with Crippen LogP contribution in [0.15, 0.2) is 6.07 Å². The van der Waals surface area contributed by atoms with Crippen LogP contribution in [0, 0.1) is 11.5 Å². The molecule has 0 atom stereocenters. The molecule has 0 saturated heterocycles. The van der Waals surface area contributed by atoms with Gasteiger partial charge in [-0.25, -0.2) is 0 Å². The van der Waals surface area contributed by atoms with Gasteiger partial charge in [-0.3, -0.25) is 4.68 Å². The summed E-state index contributed by atoms with van der Waals surface area (Å²) in [6, 6.07) is 2.10. The lowest BCUT2D eigenvalue weighted by atomic mass is 10.1. The number of nitrogens with zero attached hydrogens (tertiary/aromatic N) is 2. The standard InChI is InChI=1S/C12H20N2Si/c1-10(2)12-9-11(13-14(12)3)7-8-15(4,5)6/h9-10H,1-6H3. The smallest absolute Gasteiger partial charge is 0.134 e. The Morgan fingerprint density at radius 3 is 2.33 bits per heavy atom. The van der Waals surface area contributed by atoms with Crippen molar-refractivity contribution in [3.8, 4) is 11.5 Å². The molecule has 15 heavy (non-hydrogen) atoms. The Labute approximate surface area is 93.7 Å². The van der Waals surface area contributed by atoms with Crippen LogP contribution < -0.4 is 0 Å². The van der Waals surface area contributed by atoms with Gasteiger partial charge in [0.1, 0.15) is 13.8 Å². The minimum absolute atomic E-state index is 0.505. The number of aromatic nitrogens is 2. The van der Waals surface area contributed by atoms with E-state index in [0.717, 1.165) is 5.69 Å². The molecule has 0 spiro atoms. The first-order chi connectivity index (χ1) is 6.79. The zero-order chi connectivity index (χ0) is 11.6. The molecular weight excluding hydrogens is 200 g/mol. The van der Waals surface area contributed by atoms with E-state index in [-0.39, 0.29) is 0 Å². The first-order valence-electron chi connectivity index (χ1n) is 5.37. The number of hydrogen-bond donors (Lipinski definition) is 0. The minimum atomic E-state index is -1.29. The summed E-state index contributed by atoms with van der Waals surface area (Å²) >= 11 is 0. The van der Waals surface area contributed by atoms with Crippen molar-refractivity contribution in [2.45, 2.75) is 39.4 Å². The Morgan fingerprint density at radius 2 is 1.93 bits per heavy atom. The van der Waals surface area contributed by atoms with Crippen LogP contribution in [0.2, 0.25) is 19.6 Å². The Bertz CT molecular complexity index is 399. The van der Waals surface area contributed by atoms with E-state index in [1.54, 1.807) is 0 Å². The quantitative estimate of drug-likeness (QED) is 0.525. The second-order valence-corrected chi connectivity index (χ2v) is 9.98. The third kappa shape index (κ3) is 3.56. The Morgan fingerprint density at radius 1 is 1.33 bits per heavy atom. The molecule has 1 rings (SSSR count). The van der Waals surface area contributed by atoms with Gasteiger partial charge in [0.15, 0.2) is 0 Å². The van der Waals surface area contributed by atoms with Crippen LogP contribution in [0.1, 0.15) is 31.2 Å². The van der Waals surface area contributed by atoms with Crippen LogP contribution in [0.3, 0.4) is 0 Å². The van der Waals surface area contributed by atoms with Crippen molar-refractivity contribution in [3.63, 3.8) is 0 Å². The summed E-state index contributed by atoms with van der Waals surface area (Å²) in [5.74, 6) is 3.69. The second-order valence-electron chi connectivity index (χ2n) is 5.23. The third-order valence-electron chi connectivity index (χ3n) is 2.07. The molecule has 0 N–H and O–H groups in total. The Kier molecular flexibility index (Phi) is 3.41. The van der Waals surface area contributed by atoms with Gasteiger partial charge in [0.25, 0.3) is 0 Å². The van der Waals surface area contributed by atoms with E-state index in [4.69, 9.17) is 0 Å². The van der Waals surface area contributed by atoms with Crippen LogP contribution >= 0.6 is 0 Å². The molecule has 0 bridgehead atoms. The van der Waals surface area contributed by atoms with Gasteiger partial charge in [-0.1, -0.05) is 39.4 Å². The normalized spacial score (nSPS) is 11.4. The van der Waals surface area contributed by atoms with Crippen molar-refractivity contribution in [3.05, 3.63) is 17.5 Å². The molecule has 0 aromatic carbocycles. The van der Waals surface area contributed by atoms with Gasteiger partial charge in [-0.15, -0.1) is 5.54 Å². The third-order valence-corrected chi connectivity index (χ3v) is 2.95. The fourth-order valence-electron chi connectivity index (χ4n) is 1.33. The van der Waals surface area contributed by atoms with Crippen molar-refractivity contribution in [1.82, 2.24) is 9.78 Å². The van der Waals surface area contributed by atoms with Crippen LogP contribution in [0.5, 0.6) is 0 Å². The molecule has 1 aromatic rings. The summed E-state index contributed by atoms with van der Waals surface area (Å²) in [4.78, 5) is 0. The lowest BCUT2D eigenvalue weighted by molar-refractivity contribution is 0.668. The maximum Gasteiger partial charge on any atom is 0.134 e. The highest BCUT2D eigenvalue weighted by Crippen LogP contribution is 2.14. The summed E-state index contributed by atoms with van der Waals surface area (Å²) in [6.45, 7) is 11.1. The number of aryl methyl sites for hydroxylation is 1. The van der Waals surface area contributed by atoms with Gasteiger partial charge in [0, 0.05) is 12.7 Å². The number of rotatable bonds is 1. The fraction of sp³-hybridized carbons (Fsp3) is 0.583. The summed E-state index contributed by atoms with van der Waals surface area (Å²) < 4.78 is 1.93. The van der Waals surface area contributed by atoms with Crippen molar-refractivity contribution < 1.29 is 0 Å². The molecule has 2 nitrogen and oxygen atoms in total. The van der Waals surface area contributed by atoms with Crippen LogP contribution in [0.25, 0.3) is 0 Å². The SMILES string of the molecule is CC(C)c1cc(C#C[Si](C)(C)C)nn1C. The Balaban J connectivity index is 2.97. The van der Waals surface area contributed by atoms with Gasteiger partial charge >= 0.3 is 0 Å². The zero-order valence-electron chi connectivity index (χ0n) is 10.5. The van der Waals surface area contributed by atoms with E-state index >= 15 is 0 Å². The molecule has 0 aliphatic rings. The highest BCUT2D eigenvalue weighted by Gasteiger charge is 2.09. The first kappa shape index (κ1) is 12.1. The molecule has 0 unspecified atom stereocenters. The van der Waals surface area contributed by atoms with Gasteiger partial charge in [-0.05, 0) is 12.0 Å². The van der Waals surface area contributed by atoms with Gasteiger partial charge in [0.2, 0.25) is 0 Å². The van der Waals surface area contributed by atoms with E-state index < -0.39 is 8.07 Å². The predicted molar refractivity (Wildman–Crippen MR) is 67.5 cm³/mol. The van der Waals surface area contributed by atoms with Gasteiger partial charge in [-0.2, -0.15) is 5.10 Å². The van der Waals surface area contributed by atoms with E-state index in [9.17, 15) is 0 Å². The van der Waals surface area contributed by atoms with Crippen LogP contribution in [0.4, 0.5) is 0 Å². The second kappa shape index (κ2) is 4.24. The molecule has 0 aliphatic heterocycles. The van der Waals surface area contributed by atoms with E-state index in [1.165, 1.54) is 5.69 Å². The fourth-order valence-corrected chi connectivity index (χ4v) is 1.84. The summed E-state index contributed by atoms with van der Waals surface area (Å²) in [5, 5.41) is 4.40. The van der Waals surface area contributed by atoms with Crippen LogP contribution in [-0.4, -0.2) is 17.9 Å². The molecular formula is C12H20N2Si. The monoisotopic (exact) mass is 220 g/mol. The summed E-state index contributed by atoms with van der Waals surface area (Å²) in [7, 11) is 0.695. The molecule has 0 radical (unpaired) electrons. The average molecular weight is 220 g/mol. The molecule has 0 fully saturated rings. The lowest BCUT2D eigenvalue weighted by Crippen LogP contribution is -2.16. The molecule has 1 aromatic heterocycles. The van der Waals surface area contributed by atoms with Crippen LogP contribution in [-0.2, 0) is 7.05 Å². The van der Waals surface area contributed by atoms with Gasteiger partial charge < -0.3 is 0 Å². The maximum absolute atomic E-state index is 4.40. The zero-order valence-corrected chi connectivity index (χ0v) is 11.5. The van der Waals surface area contributed by atoms with Crippen molar-refractivity contribution in [1.29, 1.82) is 0 Å². The summed E-state index contributed by atoms with van der Waals surface area (Å²) in [5.41, 5.74) is 5.48. The number of hydrogen-bond acceptors (Lipinski definition) is 1. The molecule has 3 heteroatoms. The highest BCUT2D eigenvalue weighted by atomic mass is 28.3. The van der Waals surface area contributed by atoms with Gasteiger partial charge in [0.05, 0.1) is 0 Å². The molecule has 82 valence electrons. The highest BCUT2D eigenvalue weighted by molar-refractivity contribution is 6.83. The average Bonchev–Trinajstić information content (AvgIpc) is 2.42. The largest absolute Gasteiger partial charge is 0.271 e. The first-order valence-corrected chi connectivity index (χ1v) is 8.87. The molecule has 0 saturated carbocycles. The minimum Gasteiger partial charge on any atom is -0.271 e. The van der Waals surface area contributed by atoms with E-state index in [0.29, 0.717) is 5.92 Å². The molecule has 0 amide bonds.